The van der Waals surface area contributed by atoms with E-state index in [2.05, 4.69) is 12.2 Å². The van der Waals surface area contributed by atoms with Crippen LogP contribution < -0.4 is 10.1 Å². The van der Waals surface area contributed by atoms with E-state index in [1.54, 1.807) is 13.2 Å². The van der Waals surface area contributed by atoms with Crippen LogP contribution in [0.2, 0.25) is 0 Å². The van der Waals surface area contributed by atoms with Crippen molar-refractivity contribution in [3.05, 3.63) is 23.8 Å². The monoisotopic (exact) mass is 221 g/mol. The molecule has 0 saturated heterocycles. The molecule has 0 bridgehead atoms. The maximum absolute atomic E-state index is 9.47. The third kappa shape index (κ3) is 2.30. The highest BCUT2D eigenvalue weighted by Gasteiger charge is 2.30. The predicted octanol–water partition coefficient (Wildman–Crippen LogP) is 2.43. The van der Waals surface area contributed by atoms with E-state index >= 15 is 0 Å². The molecule has 0 spiro atoms. The molecule has 1 aromatic carbocycles. The van der Waals surface area contributed by atoms with E-state index in [1.165, 1.54) is 19.3 Å². The van der Waals surface area contributed by atoms with Gasteiger partial charge in [0.1, 0.15) is 0 Å². The van der Waals surface area contributed by atoms with Crippen molar-refractivity contribution in [2.75, 3.05) is 7.11 Å². The Balaban J connectivity index is 1.98. The first-order valence-electron chi connectivity index (χ1n) is 5.74. The normalized spacial score (nSPS) is 17.9. The van der Waals surface area contributed by atoms with Crippen molar-refractivity contribution >= 4 is 0 Å². The zero-order chi connectivity index (χ0) is 11.6. The molecular formula is C13H19NO2. The number of hydrogen-bond donors (Lipinski definition) is 2. The number of hydrogen-bond acceptors (Lipinski definition) is 3. The quantitative estimate of drug-likeness (QED) is 0.820. The molecule has 1 saturated carbocycles. The fourth-order valence-corrected chi connectivity index (χ4v) is 2.03. The molecule has 0 heterocycles. The van der Waals surface area contributed by atoms with Gasteiger partial charge in [-0.25, -0.2) is 0 Å². The van der Waals surface area contributed by atoms with Crippen LogP contribution in [0, 0.1) is 0 Å². The molecular weight excluding hydrogens is 202 g/mol. The molecule has 0 amide bonds. The number of nitrogens with one attached hydrogen (secondary N) is 1. The summed E-state index contributed by atoms with van der Waals surface area (Å²) < 4.78 is 5.08. The highest BCUT2D eigenvalue weighted by molar-refractivity contribution is 5.41. The van der Waals surface area contributed by atoms with Gasteiger partial charge in [-0.2, -0.15) is 0 Å². The number of methoxy groups -OCH3 is 1. The fraction of sp³-hybridized carbons (Fsp3) is 0.538. The summed E-state index contributed by atoms with van der Waals surface area (Å²) in [6.45, 7) is 3.08. The molecule has 0 atom stereocenters. The minimum atomic E-state index is 0.195. The van der Waals surface area contributed by atoms with Crippen LogP contribution in [-0.4, -0.2) is 17.8 Å². The topological polar surface area (TPSA) is 41.5 Å². The summed E-state index contributed by atoms with van der Waals surface area (Å²) in [5.41, 5.74) is 1.45. The Morgan fingerprint density at radius 3 is 2.75 bits per heavy atom. The number of benzene rings is 1. The van der Waals surface area contributed by atoms with Crippen molar-refractivity contribution in [1.29, 1.82) is 0 Å². The Morgan fingerprint density at radius 2 is 2.19 bits per heavy atom. The second-order valence-corrected chi connectivity index (χ2v) is 4.77. The lowest BCUT2D eigenvalue weighted by Gasteiger charge is -2.39. The largest absolute Gasteiger partial charge is 0.504 e. The van der Waals surface area contributed by atoms with Gasteiger partial charge in [-0.3, -0.25) is 0 Å². The molecule has 0 radical (unpaired) electrons. The lowest BCUT2D eigenvalue weighted by Crippen LogP contribution is -2.47. The van der Waals surface area contributed by atoms with Gasteiger partial charge >= 0.3 is 0 Å². The van der Waals surface area contributed by atoms with E-state index in [1.807, 2.05) is 12.1 Å². The molecule has 1 aromatic rings. The minimum absolute atomic E-state index is 0.195. The van der Waals surface area contributed by atoms with Crippen LogP contribution in [0.15, 0.2) is 18.2 Å². The number of phenols is 1. The van der Waals surface area contributed by atoms with Crippen LogP contribution >= 0.6 is 0 Å². The number of phenolic OH excluding ortho intramolecular Hbond substituents is 1. The molecule has 3 nitrogen and oxygen atoms in total. The summed E-state index contributed by atoms with van der Waals surface area (Å²) in [6, 6.07) is 5.48. The van der Waals surface area contributed by atoms with Gasteiger partial charge < -0.3 is 15.2 Å². The van der Waals surface area contributed by atoms with Gasteiger partial charge in [0.15, 0.2) is 11.5 Å². The highest BCUT2D eigenvalue weighted by Crippen LogP contribution is 2.32. The van der Waals surface area contributed by atoms with E-state index < -0.39 is 0 Å². The molecule has 16 heavy (non-hydrogen) atoms. The zero-order valence-corrected chi connectivity index (χ0v) is 9.92. The minimum Gasteiger partial charge on any atom is -0.504 e. The van der Waals surface area contributed by atoms with Crippen molar-refractivity contribution in [1.82, 2.24) is 5.32 Å². The van der Waals surface area contributed by atoms with Gasteiger partial charge in [0.25, 0.3) is 0 Å². The second kappa shape index (κ2) is 4.34. The average Bonchev–Trinajstić information content (AvgIpc) is 2.25. The van der Waals surface area contributed by atoms with Gasteiger partial charge in [-0.15, -0.1) is 0 Å². The average molecular weight is 221 g/mol. The fourth-order valence-electron chi connectivity index (χ4n) is 2.03. The summed E-state index contributed by atoms with van der Waals surface area (Å²) in [6.07, 6.45) is 3.83. The lowest BCUT2D eigenvalue weighted by molar-refractivity contribution is 0.206. The van der Waals surface area contributed by atoms with Crippen molar-refractivity contribution in [2.45, 2.75) is 38.3 Å². The Kier molecular flexibility index (Phi) is 3.06. The zero-order valence-electron chi connectivity index (χ0n) is 9.92. The standard InChI is InChI=1S/C13H19NO2/c1-13(6-3-7-13)14-9-10-4-5-11(15)12(8-10)16-2/h4-5,8,14-15H,3,6-7,9H2,1-2H3. The predicted molar refractivity (Wildman–Crippen MR) is 63.8 cm³/mol. The Hall–Kier alpha value is -1.22. The van der Waals surface area contributed by atoms with Crippen LogP contribution in [0.25, 0.3) is 0 Å². The molecule has 0 aromatic heterocycles. The van der Waals surface area contributed by atoms with Crippen LogP contribution in [0.1, 0.15) is 31.7 Å². The van der Waals surface area contributed by atoms with Crippen molar-refractivity contribution in [3.63, 3.8) is 0 Å². The maximum Gasteiger partial charge on any atom is 0.160 e. The van der Waals surface area contributed by atoms with Gasteiger partial charge in [-0.1, -0.05) is 6.07 Å². The van der Waals surface area contributed by atoms with Crippen molar-refractivity contribution < 1.29 is 9.84 Å². The molecule has 2 N–H and O–H groups in total. The molecule has 1 fully saturated rings. The van der Waals surface area contributed by atoms with E-state index in [0.717, 1.165) is 12.1 Å². The summed E-state index contributed by atoms with van der Waals surface area (Å²) >= 11 is 0. The Morgan fingerprint density at radius 1 is 1.44 bits per heavy atom. The smallest absolute Gasteiger partial charge is 0.160 e. The molecule has 0 aliphatic heterocycles. The molecule has 1 aliphatic rings. The molecule has 88 valence electrons. The van der Waals surface area contributed by atoms with Crippen LogP contribution in [0.5, 0.6) is 11.5 Å². The van der Waals surface area contributed by atoms with E-state index in [-0.39, 0.29) is 5.75 Å². The number of aromatic hydroxyl groups is 1. The van der Waals surface area contributed by atoms with Gasteiger partial charge in [-0.05, 0) is 43.9 Å². The first-order chi connectivity index (χ1) is 7.63. The summed E-state index contributed by atoms with van der Waals surface area (Å²) in [4.78, 5) is 0. The number of ether oxygens (including phenoxy) is 1. The van der Waals surface area contributed by atoms with E-state index in [9.17, 15) is 5.11 Å². The summed E-state index contributed by atoms with van der Waals surface area (Å²) in [7, 11) is 1.57. The summed E-state index contributed by atoms with van der Waals surface area (Å²) in [5.74, 6) is 0.735. The second-order valence-electron chi connectivity index (χ2n) is 4.77. The lowest BCUT2D eigenvalue weighted by atomic mass is 9.78. The molecule has 3 heteroatoms. The van der Waals surface area contributed by atoms with Gasteiger partial charge in [0, 0.05) is 12.1 Å². The maximum atomic E-state index is 9.47. The van der Waals surface area contributed by atoms with E-state index in [4.69, 9.17) is 4.74 Å². The van der Waals surface area contributed by atoms with E-state index in [0.29, 0.717) is 11.3 Å². The van der Waals surface area contributed by atoms with Crippen LogP contribution in [-0.2, 0) is 6.54 Å². The molecule has 2 rings (SSSR count). The highest BCUT2D eigenvalue weighted by atomic mass is 16.5. The van der Waals surface area contributed by atoms with Gasteiger partial charge in [0.05, 0.1) is 7.11 Å². The Bertz CT molecular complexity index is 372. The van der Waals surface area contributed by atoms with Crippen molar-refractivity contribution in [3.8, 4) is 11.5 Å². The third-order valence-electron chi connectivity index (χ3n) is 3.42. The molecule has 1 aliphatic carbocycles. The number of rotatable bonds is 4. The van der Waals surface area contributed by atoms with Crippen molar-refractivity contribution in [2.24, 2.45) is 0 Å². The molecule has 0 unspecified atom stereocenters. The van der Waals surface area contributed by atoms with Crippen LogP contribution in [0.3, 0.4) is 0 Å². The summed E-state index contributed by atoms with van der Waals surface area (Å²) in [5, 5.41) is 13.0. The Labute approximate surface area is 96.4 Å². The first kappa shape index (κ1) is 11.3. The SMILES string of the molecule is COc1cc(CNC2(C)CCC2)ccc1O. The first-order valence-corrected chi connectivity index (χ1v) is 5.74. The van der Waals surface area contributed by atoms with Crippen LogP contribution in [0.4, 0.5) is 0 Å². The third-order valence-corrected chi connectivity index (χ3v) is 3.42. The van der Waals surface area contributed by atoms with Gasteiger partial charge in [0.2, 0.25) is 0 Å².